The molecule has 0 aliphatic heterocycles. The van der Waals surface area contributed by atoms with Gasteiger partial charge in [-0.15, -0.1) is 0 Å². The molecule has 0 bridgehead atoms. The molecule has 5 heteroatoms. The SMILES string of the molecule is CC(C)CN(CCCN)c1ccc(C(F)(F)F)cc1. The highest BCUT2D eigenvalue weighted by molar-refractivity contribution is 5.48. The number of hydrogen-bond donors (Lipinski definition) is 1. The molecule has 0 aromatic heterocycles. The van der Waals surface area contributed by atoms with Crippen LogP contribution in [0.3, 0.4) is 0 Å². The van der Waals surface area contributed by atoms with Crippen LogP contribution in [0.25, 0.3) is 0 Å². The van der Waals surface area contributed by atoms with Crippen LogP contribution in [0.15, 0.2) is 24.3 Å². The molecule has 0 spiro atoms. The first-order chi connectivity index (χ1) is 8.84. The molecule has 0 aliphatic rings. The van der Waals surface area contributed by atoms with Gasteiger partial charge in [-0.3, -0.25) is 0 Å². The molecule has 0 atom stereocenters. The maximum atomic E-state index is 12.5. The summed E-state index contributed by atoms with van der Waals surface area (Å²) in [6, 6.07) is 5.32. The Morgan fingerprint density at radius 1 is 1.16 bits per heavy atom. The van der Waals surface area contributed by atoms with Crippen LogP contribution in [0.4, 0.5) is 18.9 Å². The van der Waals surface area contributed by atoms with Crippen LogP contribution >= 0.6 is 0 Å². The average molecular weight is 274 g/mol. The number of hydrogen-bond acceptors (Lipinski definition) is 2. The maximum absolute atomic E-state index is 12.5. The summed E-state index contributed by atoms with van der Waals surface area (Å²) >= 11 is 0. The van der Waals surface area contributed by atoms with Crippen molar-refractivity contribution in [1.29, 1.82) is 0 Å². The summed E-state index contributed by atoms with van der Waals surface area (Å²) in [6.07, 6.45) is -3.45. The van der Waals surface area contributed by atoms with Crippen molar-refractivity contribution >= 4 is 5.69 Å². The van der Waals surface area contributed by atoms with E-state index >= 15 is 0 Å². The van der Waals surface area contributed by atoms with Gasteiger partial charge in [0.1, 0.15) is 0 Å². The lowest BCUT2D eigenvalue weighted by Crippen LogP contribution is -2.30. The zero-order valence-electron chi connectivity index (χ0n) is 11.4. The summed E-state index contributed by atoms with van der Waals surface area (Å²) < 4.78 is 37.5. The first kappa shape index (κ1) is 15.8. The Morgan fingerprint density at radius 3 is 2.16 bits per heavy atom. The average Bonchev–Trinajstić information content (AvgIpc) is 2.33. The smallest absolute Gasteiger partial charge is 0.371 e. The second-order valence-corrected chi connectivity index (χ2v) is 5.03. The van der Waals surface area contributed by atoms with Gasteiger partial charge < -0.3 is 10.6 Å². The number of halogens is 3. The first-order valence-electron chi connectivity index (χ1n) is 6.47. The quantitative estimate of drug-likeness (QED) is 0.860. The molecule has 2 nitrogen and oxygen atoms in total. The molecular weight excluding hydrogens is 253 g/mol. The van der Waals surface area contributed by atoms with Crippen molar-refractivity contribution in [2.45, 2.75) is 26.4 Å². The van der Waals surface area contributed by atoms with Gasteiger partial charge in [0.05, 0.1) is 5.56 Å². The van der Waals surface area contributed by atoms with Gasteiger partial charge in [0.25, 0.3) is 0 Å². The Morgan fingerprint density at radius 2 is 1.74 bits per heavy atom. The normalized spacial score (nSPS) is 11.9. The van der Waals surface area contributed by atoms with Gasteiger partial charge in [0, 0.05) is 18.8 Å². The van der Waals surface area contributed by atoms with Gasteiger partial charge in [-0.1, -0.05) is 13.8 Å². The van der Waals surface area contributed by atoms with Crippen LogP contribution in [0, 0.1) is 5.92 Å². The van der Waals surface area contributed by atoms with E-state index in [-0.39, 0.29) is 0 Å². The fraction of sp³-hybridized carbons (Fsp3) is 0.571. The largest absolute Gasteiger partial charge is 0.416 e. The van der Waals surface area contributed by atoms with Crippen LogP contribution in [0.1, 0.15) is 25.8 Å². The van der Waals surface area contributed by atoms with Gasteiger partial charge in [-0.05, 0) is 43.1 Å². The summed E-state index contributed by atoms with van der Waals surface area (Å²) in [5.41, 5.74) is 5.69. The number of nitrogens with two attached hydrogens (primary N) is 1. The lowest BCUT2D eigenvalue weighted by molar-refractivity contribution is -0.137. The van der Waals surface area contributed by atoms with Crippen molar-refractivity contribution < 1.29 is 13.2 Å². The van der Waals surface area contributed by atoms with E-state index in [0.29, 0.717) is 12.5 Å². The second-order valence-electron chi connectivity index (χ2n) is 5.03. The van der Waals surface area contributed by atoms with Gasteiger partial charge in [0.2, 0.25) is 0 Å². The molecule has 0 saturated heterocycles. The zero-order valence-corrected chi connectivity index (χ0v) is 11.4. The summed E-state index contributed by atoms with van der Waals surface area (Å²) in [4.78, 5) is 2.08. The lowest BCUT2D eigenvalue weighted by Gasteiger charge is -2.27. The van der Waals surface area contributed by atoms with Crippen LogP contribution in [-0.4, -0.2) is 19.6 Å². The predicted octanol–water partition coefficient (Wildman–Crippen LogP) is 3.52. The predicted molar refractivity (Wildman–Crippen MR) is 72.2 cm³/mol. The number of alkyl halides is 3. The summed E-state index contributed by atoms with van der Waals surface area (Å²) in [5.74, 6) is 0.445. The van der Waals surface area contributed by atoms with Crippen molar-refractivity contribution in [2.24, 2.45) is 11.7 Å². The van der Waals surface area contributed by atoms with E-state index in [1.807, 2.05) is 0 Å². The molecule has 0 aliphatic carbocycles. The van der Waals surface area contributed by atoms with Crippen LogP contribution in [0.2, 0.25) is 0 Å². The van der Waals surface area contributed by atoms with E-state index in [2.05, 4.69) is 18.7 Å². The molecule has 1 rings (SSSR count). The van der Waals surface area contributed by atoms with E-state index in [4.69, 9.17) is 5.73 Å². The van der Waals surface area contributed by atoms with E-state index in [0.717, 1.165) is 37.3 Å². The number of nitrogens with zero attached hydrogens (tertiary/aromatic N) is 1. The zero-order chi connectivity index (χ0) is 14.5. The Kier molecular flexibility index (Phi) is 5.66. The molecule has 0 radical (unpaired) electrons. The summed E-state index contributed by atoms with van der Waals surface area (Å²) in [5, 5.41) is 0. The van der Waals surface area contributed by atoms with E-state index in [1.165, 1.54) is 12.1 Å². The Balaban J connectivity index is 2.84. The van der Waals surface area contributed by atoms with Crippen LogP contribution in [0.5, 0.6) is 0 Å². The monoisotopic (exact) mass is 274 g/mol. The molecule has 108 valence electrons. The molecular formula is C14H21F3N2. The molecule has 0 fully saturated rings. The Labute approximate surface area is 112 Å². The highest BCUT2D eigenvalue weighted by Crippen LogP contribution is 2.30. The number of rotatable bonds is 6. The van der Waals surface area contributed by atoms with E-state index in [9.17, 15) is 13.2 Å². The first-order valence-corrected chi connectivity index (χ1v) is 6.47. The third-order valence-electron chi connectivity index (χ3n) is 2.78. The summed E-state index contributed by atoms with van der Waals surface area (Å²) in [6.45, 7) is 6.32. The Bertz CT molecular complexity index is 371. The third kappa shape index (κ3) is 5.11. The molecule has 0 saturated carbocycles. The van der Waals surface area contributed by atoms with Crippen molar-refractivity contribution in [3.63, 3.8) is 0 Å². The standard InChI is InChI=1S/C14H21F3N2/c1-11(2)10-19(9-3-8-18)13-6-4-12(5-7-13)14(15,16)17/h4-7,11H,3,8-10,18H2,1-2H3. The Hall–Kier alpha value is -1.23. The fourth-order valence-electron chi connectivity index (χ4n) is 1.91. The van der Waals surface area contributed by atoms with Crippen molar-refractivity contribution in [3.05, 3.63) is 29.8 Å². The van der Waals surface area contributed by atoms with Gasteiger partial charge in [0.15, 0.2) is 0 Å². The minimum absolute atomic E-state index is 0.445. The molecule has 0 amide bonds. The van der Waals surface area contributed by atoms with Crippen molar-refractivity contribution in [1.82, 2.24) is 0 Å². The fourth-order valence-corrected chi connectivity index (χ4v) is 1.91. The van der Waals surface area contributed by atoms with Crippen LogP contribution in [-0.2, 0) is 6.18 Å². The van der Waals surface area contributed by atoms with Crippen LogP contribution < -0.4 is 10.6 Å². The minimum Gasteiger partial charge on any atom is -0.371 e. The number of anilines is 1. The van der Waals surface area contributed by atoms with Crippen molar-refractivity contribution in [2.75, 3.05) is 24.5 Å². The molecule has 2 N–H and O–H groups in total. The third-order valence-corrected chi connectivity index (χ3v) is 2.78. The molecule has 0 heterocycles. The van der Waals surface area contributed by atoms with Gasteiger partial charge in [-0.2, -0.15) is 13.2 Å². The maximum Gasteiger partial charge on any atom is 0.416 e. The molecule has 1 aromatic carbocycles. The minimum atomic E-state index is -4.28. The van der Waals surface area contributed by atoms with E-state index in [1.54, 1.807) is 0 Å². The van der Waals surface area contributed by atoms with Gasteiger partial charge >= 0.3 is 6.18 Å². The highest BCUT2D eigenvalue weighted by atomic mass is 19.4. The van der Waals surface area contributed by atoms with Crippen molar-refractivity contribution in [3.8, 4) is 0 Å². The molecule has 0 unspecified atom stereocenters. The van der Waals surface area contributed by atoms with Gasteiger partial charge in [-0.25, -0.2) is 0 Å². The lowest BCUT2D eigenvalue weighted by atomic mass is 10.1. The number of benzene rings is 1. The molecule has 1 aromatic rings. The second kappa shape index (κ2) is 6.80. The van der Waals surface area contributed by atoms with E-state index < -0.39 is 11.7 Å². The summed E-state index contributed by atoms with van der Waals surface area (Å²) in [7, 11) is 0. The molecule has 19 heavy (non-hydrogen) atoms. The highest BCUT2D eigenvalue weighted by Gasteiger charge is 2.30. The topological polar surface area (TPSA) is 29.3 Å².